The molecule has 17 heavy (non-hydrogen) atoms. The number of halogens is 1. The van der Waals surface area contributed by atoms with Crippen LogP contribution in [-0.4, -0.2) is 5.71 Å². The van der Waals surface area contributed by atoms with Crippen LogP contribution in [0.1, 0.15) is 39.2 Å². The quantitative estimate of drug-likeness (QED) is 0.575. The lowest BCUT2D eigenvalue weighted by Crippen LogP contribution is -2.06. The van der Waals surface area contributed by atoms with Crippen molar-refractivity contribution >= 4 is 24.0 Å². The van der Waals surface area contributed by atoms with Crippen LogP contribution in [0.25, 0.3) is 0 Å². The van der Waals surface area contributed by atoms with Crippen molar-refractivity contribution in [2.75, 3.05) is 0 Å². The summed E-state index contributed by atoms with van der Waals surface area (Å²) in [6.07, 6.45) is 2.25. The molecular formula is C14H20FNS. The molecule has 1 rings (SSSR count). The number of hydrogen-bond donors (Lipinski definition) is 1. The summed E-state index contributed by atoms with van der Waals surface area (Å²) >= 11 is 4.06. The van der Waals surface area contributed by atoms with E-state index in [1.807, 2.05) is 13.8 Å². The Morgan fingerprint density at radius 2 is 2.12 bits per heavy atom. The smallest absolute Gasteiger partial charge is 0.138 e. The van der Waals surface area contributed by atoms with Crippen LogP contribution in [0.15, 0.2) is 22.0 Å². The van der Waals surface area contributed by atoms with E-state index < -0.39 is 0 Å². The molecular weight excluding hydrogens is 233 g/mol. The van der Waals surface area contributed by atoms with E-state index in [2.05, 4.69) is 31.5 Å². The summed E-state index contributed by atoms with van der Waals surface area (Å²) in [5.74, 6) is 0.131. The number of thiol groups is 1. The number of aliphatic imine (C=N–C) groups is 1. The Labute approximate surface area is 109 Å². The first kappa shape index (κ1) is 14.2. The van der Waals surface area contributed by atoms with Crippen LogP contribution in [-0.2, 0) is 0 Å². The van der Waals surface area contributed by atoms with Gasteiger partial charge < -0.3 is 0 Å². The first-order valence-electron chi connectivity index (χ1n) is 6.00. The molecule has 0 aliphatic rings. The lowest BCUT2D eigenvalue weighted by molar-refractivity contribution is 0.602. The Morgan fingerprint density at radius 3 is 2.71 bits per heavy atom. The van der Waals surface area contributed by atoms with Crippen LogP contribution in [0.5, 0.6) is 0 Å². The highest BCUT2D eigenvalue weighted by Gasteiger charge is 2.07. The highest BCUT2D eigenvalue weighted by molar-refractivity contribution is 7.80. The number of benzene rings is 1. The van der Waals surface area contributed by atoms with E-state index in [1.165, 1.54) is 6.07 Å². The third-order valence-electron chi connectivity index (χ3n) is 3.00. The molecule has 1 unspecified atom stereocenters. The van der Waals surface area contributed by atoms with Crippen molar-refractivity contribution in [3.8, 4) is 0 Å². The molecule has 0 aliphatic carbocycles. The zero-order chi connectivity index (χ0) is 13.0. The second-order valence-corrected chi connectivity index (χ2v) is 5.01. The summed E-state index contributed by atoms with van der Waals surface area (Å²) in [4.78, 5) is 4.90. The molecule has 1 nitrogen and oxygen atoms in total. The van der Waals surface area contributed by atoms with Crippen LogP contribution in [0.2, 0.25) is 0 Å². The molecule has 1 atom stereocenters. The van der Waals surface area contributed by atoms with E-state index >= 15 is 0 Å². The van der Waals surface area contributed by atoms with Gasteiger partial charge in [0.05, 0.1) is 5.69 Å². The van der Waals surface area contributed by atoms with Gasteiger partial charge in [0.25, 0.3) is 0 Å². The molecule has 0 aromatic heterocycles. The molecule has 0 amide bonds. The molecule has 3 heteroatoms. The summed E-state index contributed by atoms with van der Waals surface area (Å²) in [5, 5.41) is 0. The van der Waals surface area contributed by atoms with E-state index in [0.717, 1.165) is 24.1 Å². The summed E-state index contributed by atoms with van der Waals surface area (Å²) in [5.41, 5.74) is 2.72. The minimum atomic E-state index is -0.311. The Morgan fingerprint density at radius 1 is 1.47 bits per heavy atom. The summed E-state index contributed by atoms with van der Waals surface area (Å²) in [6, 6.07) is 3.18. The lowest BCUT2D eigenvalue weighted by Gasteiger charge is -2.11. The largest absolute Gasteiger partial charge is 0.257 e. The maximum absolute atomic E-state index is 13.4. The van der Waals surface area contributed by atoms with Gasteiger partial charge in [-0.3, -0.25) is 4.99 Å². The third kappa shape index (κ3) is 3.84. The molecule has 1 aromatic rings. The average molecular weight is 253 g/mol. The van der Waals surface area contributed by atoms with Crippen LogP contribution in [0.3, 0.4) is 0 Å². The molecule has 0 aliphatic heterocycles. The predicted molar refractivity (Wildman–Crippen MR) is 75.2 cm³/mol. The molecule has 94 valence electrons. The average Bonchev–Trinajstić information content (AvgIpc) is 2.26. The van der Waals surface area contributed by atoms with Gasteiger partial charge in [-0.25, -0.2) is 4.39 Å². The first-order valence-corrected chi connectivity index (χ1v) is 6.44. The van der Waals surface area contributed by atoms with Gasteiger partial charge in [0.15, 0.2) is 0 Å². The fourth-order valence-corrected chi connectivity index (χ4v) is 1.98. The van der Waals surface area contributed by atoms with Crippen molar-refractivity contribution < 1.29 is 4.39 Å². The second-order valence-electron chi connectivity index (χ2n) is 4.53. The third-order valence-corrected chi connectivity index (χ3v) is 3.34. The monoisotopic (exact) mass is 253 g/mol. The van der Waals surface area contributed by atoms with Crippen molar-refractivity contribution in [1.82, 2.24) is 0 Å². The fourth-order valence-electron chi connectivity index (χ4n) is 1.72. The van der Waals surface area contributed by atoms with Crippen molar-refractivity contribution in [2.24, 2.45) is 10.9 Å². The topological polar surface area (TPSA) is 12.4 Å². The van der Waals surface area contributed by atoms with E-state index in [-0.39, 0.29) is 5.82 Å². The van der Waals surface area contributed by atoms with Crippen LogP contribution < -0.4 is 0 Å². The predicted octanol–water partition coefficient (Wildman–Crippen LogP) is 4.95. The van der Waals surface area contributed by atoms with E-state index in [0.29, 0.717) is 16.5 Å². The Balaban J connectivity index is 3.01. The number of aryl methyl sites for hydroxylation is 1. The molecule has 0 radical (unpaired) electrons. The van der Waals surface area contributed by atoms with E-state index in [1.54, 1.807) is 6.07 Å². The maximum atomic E-state index is 13.4. The SMILES string of the molecule is CCCC(C)C(C)=Nc1cc(F)c(S)cc1C. The number of nitrogens with zero attached hydrogens (tertiary/aromatic N) is 1. The van der Waals surface area contributed by atoms with Gasteiger partial charge in [0, 0.05) is 16.7 Å². The molecule has 0 heterocycles. The fraction of sp³-hybridized carbons (Fsp3) is 0.500. The molecule has 1 aromatic carbocycles. The molecule has 0 bridgehead atoms. The zero-order valence-corrected chi connectivity index (χ0v) is 11.8. The van der Waals surface area contributed by atoms with Gasteiger partial charge in [-0.15, -0.1) is 12.6 Å². The minimum absolute atomic E-state index is 0.311. The lowest BCUT2D eigenvalue weighted by atomic mass is 10.0. The van der Waals surface area contributed by atoms with Gasteiger partial charge in [-0.2, -0.15) is 0 Å². The van der Waals surface area contributed by atoms with Crippen LogP contribution in [0.4, 0.5) is 10.1 Å². The minimum Gasteiger partial charge on any atom is -0.257 e. The number of hydrogen-bond acceptors (Lipinski definition) is 2. The number of rotatable bonds is 4. The van der Waals surface area contributed by atoms with Gasteiger partial charge in [-0.05, 0) is 37.8 Å². The molecule has 0 fully saturated rings. The van der Waals surface area contributed by atoms with Crippen molar-refractivity contribution in [2.45, 2.75) is 45.4 Å². The maximum Gasteiger partial charge on any atom is 0.138 e. The van der Waals surface area contributed by atoms with Crippen molar-refractivity contribution in [3.05, 3.63) is 23.5 Å². The molecule has 0 N–H and O–H groups in total. The van der Waals surface area contributed by atoms with Gasteiger partial charge in [0.2, 0.25) is 0 Å². The zero-order valence-electron chi connectivity index (χ0n) is 10.9. The van der Waals surface area contributed by atoms with E-state index in [9.17, 15) is 4.39 Å². The summed E-state index contributed by atoms with van der Waals surface area (Å²) in [7, 11) is 0. The van der Waals surface area contributed by atoms with Gasteiger partial charge >= 0.3 is 0 Å². The standard InChI is InChI=1S/C14H20FNS/c1-5-6-9(2)11(4)16-13-8-12(15)14(17)7-10(13)3/h7-9,17H,5-6H2,1-4H3. The van der Waals surface area contributed by atoms with Crippen molar-refractivity contribution in [3.63, 3.8) is 0 Å². The molecule has 0 spiro atoms. The van der Waals surface area contributed by atoms with Gasteiger partial charge in [0.1, 0.15) is 5.82 Å². The van der Waals surface area contributed by atoms with Crippen LogP contribution >= 0.6 is 12.6 Å². The molecule has 0 saturated heterocycles. The Hall–Kier alpha value is -0.830. The summed E-state index contributed by atoms with van der Waals surface area (Å²) in [6.45, 7) is 8.24. The van der Waals surface area contributed by atoms with Gasteiger partial charge in [-0.1, -0.05) is 20.3 Å². The highest BCUT2D eigenvalue weighted by atomic mass is 32.1. The summed E-state index contributed by atoms with van der Waals surface area (Å²) < 4.78 is 13.4. The first-order chi connectivity index (χ1) is 7.95. The van der Waals surface area contributed by atoms with E-state index in [4.69, 9.17) is 0 Å². The van der Waals surface area contributed by atoms with Crippen molar-refractivity contribution in [1.29, 1.82) is 0 Å². The normalized spacial score (nSPS) is 13.9. The highest BCUT2D eigenvalue weighted by Crippen LogP contribution is 2.26. The Kier molecular flexibility index (Phi) is 5.19. The van der Waals surface area contributed by atoms with Crippen LogP contribution in [0, 0.1) is 18.7 Å². The molecule has 0 saturated carbocycles. The second kappa shape index (κ2) is 6.20. The Bertz CT molecular complexity index is 426.